The van der Waals surface area contributed by atoms with Crippen LogP contribution in [0.15, 0.2) is 11.6 Å². The molecule has 6 atom stereocenters. The highest BCUT2D eigenvalue weighted by atomic mass is 16.5. The average molecular weight is 429 g/mol. The molecule has 0 bridgehead atoms. The summed E-state index contributed by atoms with van der Waals surface area (Å²) in [6, 6.07) is 0. The van der Waals surface area contributed by atoms with Crippen LogP contribution >= 0.6 is 0 Å². The van der Waals surface area contributed by atoms with E-state index in [1.807, 2.05) is 6.08 Å². The van der Waals surface area contributed by atoms with Crippen molar-refractivity contribution in [1.29, 1.82) is 0 Å². The van der Waals surface area contributed by atoms with Gasteiger partial charge in [0.25, 0.3) is 0 Å². The average Bonchev–Trinajstić information content (AvgIpc) is 3.10. The third-order valence-corrected chi connectivity index (χ3v) is 10.4. The highest BCUT2D eigenvalue weighted by Gasteiger charge is 2.59. The highest BCUT2D eigenvalue weighted by Crippen LogP contribution is 2.65. The van der Waals surface area contributed by atoms with Crippen molar-refractivity contribution in [3.05, 3.63) is 11.6 Å². The van der Waals surface area contributed by atoms with Gasteiger partial charge in [-0.25, -0.2) is 0 Å². The fourth-order valence-corrected chi connectivity index (χ4v) is 8.50. The highest BCUT2D eigenvalue weighted by molar-refractivity contribution is 5.91. The van der Waals surface area contributed by atoms with Crippen LogP contribution in [0, 0.1) is 28.6 Å². The van der Waals surface area contributed by atoms with Gasteiger partial charge < -0.3 is 9.64 Å². The van der Waals surface area contributed by atoms with Crippen molar-refractivity contribution in [3.8, 4) is 0 Å². The van der Waals surface area contributed by atoms with Crippen molar-refractivity contribution in [2.24, 2.45) is 28.6 Å². The number of quaternary nitrogens is 1. The number of esters is 1. The largest absolute Gasteiger partial charge is 0.462 e. The summed E-state index contributed by atoms with van der Waals surface area (Å²) in [6.45, 7) is 8.26. The van der Waals surface area contributed by atoms with E-state index in [1.54, 1.807) is 4.90 Å². The second-order valence-electron chi connectivity index (χ2n) is 11.9. The number of carbonyl (C=O) groups excluding carboxylic acids is 2. The first-order chi connectivity index (χ1) is 14.9. The van der Waals surface area contributed by atoms with E-state index in [0.29, 0.717) is 24.0 Å². The van der Waals surface area contributed by atoms with Crippen LogP contribution in [-0.4, -0.2) is 37.5 Å². The van der Waals surface area contributed by atoms with Crippen molar-refractivity contribution in [2.75, 3.05) is 19.6 Å². The summed E-state index contributed by atoms with van der Waals surface area (Å²) < 4.78 is 6.19. The molecule has 0 amide bonds. The summed E-state index contributed by atoms with van der Waals surface area (Å²) in [6.07, 6.45) is 15.4. The van der Waals surface area contributed by atoms with Gasteiger partial charge in [-0.05, 0) is 93.5 Å². The van der Waals surface area contributed by atoms with Crippen LogP contribution in [-0.2, 0) is 14.3 Å². The normalized spacial score (nSPS) is 42.9. The molecule has 172 valence electrons. The third kappa shape index (κ3) is 3.81. The van der Waals surface area contributed by atoms with Gasteiger partial charge in [0.1, 0.15) is 6.10 Å². The molecule has 0 spiro atoms. The number of ether oxygens (including phenoxy) is 1. The zero-order valence-corrected chi connectivity index (χ0v) is 19.7. The Bertz CT molecular complexity index is 754. The molecule has 4 aliphatic carbocycles. The third-order valence-electron chi connectivity index (χ3n) is 10.4. The molecule has 3 saturated carbocycles. The molecule has 4 heteroatoms. The van der Waals surface area contributed by atoms with Crippen molar-refractivity contribution >= 4 is 11.8 Å². The Morgan fingerprint density at radius 1 is 1.03 bits per heavy atom. The van der Waals surface area contributed by atoms with E-state index in [4.69, 9.17) is 4.74 Å². The van der Waals surface area contributed by atoms with Gasteiger partial charge in [-0.1, -0.05) is 19.4 Å². The smallest absolute Gasteiger partial charge is 0.311 e. The van der Waals surface area contributed by atoms with Crippen LogP contribution in [0.4, 0.5) is 0 Å². The molecule has 0 radical (unpaired) electrons. The molecule has 0 unspecified atom stereocenters. The lowest BCUT2D eigenvalue weighted by Gasteiger charge is -2.57. The molecule has 0 aromatic carbocycles. The number of hydrogen-bond donors (Lipinski definition) is 1. The van der Waals surface area contributed by atoms with Crippen molar-refractivity contribution < 1.29 is 19.2 Å². The zero-order chi connectivity index (χ0) is 21.6. The second kappa shape index (κ2) is 8.32. The van der Waals surface area contributed by atoms with Gasteiger partial charge in [-0.15, -0.1) is 0 Å². The summed E-state index contributed by atoms with van der Waals surface area (Å²) in [7, 11) is 0. The van der Waals surface area contributed by atoms with Gasteiger partial charge in [0.2, 0.25) is 0 Å². The number of piperidine rings is 1. The maximum absolute atomic E-state index is 12.7. The summed E-state index contributed by atoms with van der Waals surface area (Å²) >= 11 is 0. The lowest BCUT2D eigenvalue weighted by atomic mass is 9.47. The molecule has 1 N–H and O–H groups in total. The summed E-state index contributed by atoms with van der Waals surface area (Å²) in [4.78, 5) is 26.4. The quantitative estimate of drug-likeness (QED) is 0.691. The first kappa shape index (κ1) is 21.7. The lowest BCUT2D eigenvalue weighted by molar-refractivity contribution is -0.904. The van der Waals surface area contributed by atoms with Gasteiger partial charge in [0.15, 0.2) is 5.78 Å². The van der Waals surface area contributed by atoms with Gasteiger partial charge in [0, 0.05) is 11.8 Å². The van der Waals surface area contributed by atoms with Crippen LogP contribution in [0.25, 0.3) is 0 Å². The number of rotatable bonds is 4. The summed E-state index contributed by atoms with van der Waals surface area (Å²) in [5, 5.41) is 0. The first-order valence-electron chi connectivity index (χ1n) is 13.2. The van der Waals surface area contributed by atoms with Crippen molar-refractivity contribution in [3.63, 3.8) is 0 Å². The summed E-state index contributed by atoms with van der Waals surface area (Å²) in [5.74, 6) is 2.49. The standard InChI is InChI=1S/C27H41NO3/c1-26-13-10-20(29)18-19(26)6-7-21-22-8-9-24(27(22,2)14-11-23(21)26)31-25(30)12-17-28-15-4-3-5-16-28/h18,21-24H,3-17H2,1-2H3/p+1/t21-,22-,23+,24-,26-,27-/m0/s1. The van der Waals surface area contributed by atoms with E-state index in [-0.39, 0.29) is 22.9 Å². The molecular formula is C27H42NO3+. The molecule has 1 aliphatic heterocycles. The topological polar surface area (TPSA) is 47.8 Å². The van der Waals surface area contributed by atoms with Gasteiger partial charge in [0.05, 0.1) is 26.1 Å². The molecule has 0 aromatic heterocycles. The zero-order valence-electron chi connectivity index (χ0n) is 19.7. The van der Waals surface area contributed by atoms with Gasteiger partial charge in [-0.3, -0.25) is 9.59 Å². The van der Waals surface area contributed by atoms with Crippen molar-refractivity contribution in [1.82, 2.24) is 0 Å². The predicted octanol–water partition coefficient (Wildman–Crippen LogP) is 3.89. The first-order valence-corrected chi connectivity index (χ1v) is 13.2. The van der Waals surface area contributed by atoms with E-state index in [2.05, 4.69) is 13.8 Å². The number of ketones is 1. The molecule has 0 aromatic rings. The molecule has 31 heavy (non-hydrogen) atoms. The fraction of sp³-hybridized carbons (Fsp3) is 0.852. The molecule has 1 heterocycles. The van der Waals surface area contributed by atoms with Crippen LogP contribution in [0.3, 0.4) is 0 Å². The molecular weight excluding hydrogens is 386 g/mol. The van der Waals surface area contributed by atoms with E-state index in [9.17, 15) is 9.59 Å². The van der Waals surface area contributed by atoms with Crippen LogP contribution in [0.5, 0.6) is 0 Å². The van der Waals surface area contributed by atoms with Crippen molar-refractivity contribution in [2.45, 2.75) is 97.0 Å². The Kier molecular flexibility index (Phi) is 5.82. The minimum absolute atomic E-state index is 0.0405. The Morgan fingerprint density at radius 3 is 2.65 bits per heavy atom. The van der Waals surface area contributed by atoms with Crippen LogP contribution < -0.4 is 4.90 Å². The lowest BCUT2D eigenvalue weighted by Crippen LogP contribution is -3.12. The number of hydrogen-bond acceptors (Lipinski definition) is 3. The Labute approximate surface area is 188 Å². The van der Waals surface area contributed by atoms with Crippen LogP contribution in [0.2, 0.25) is 0 Å². The van der Waals surface area contributed by atoms with E-state index < -0.39 is 0 Å². The molecule has 5 rings (SSSR count). The minimum atomic E-state index is 0.0405. The van der Waals surface area contributed by atoms with Gasteiger partial charge >= 0.3 is 5.97 Å². The monoisotopic (exact) mass is 428 g/mol. The maximum atomic E-state index is 12.7. The van der Waals surface area contributed by atoms with Crippen LogP contribution in [0.1, 0.15) is 90.9 Å². The summed E-state index contributed by atoms with van der Waals surface area (Å²) in [5.41, 5.74) is 1.82. The van der Waals surface area contributed by atoms with E-state index in [1.165, 1.54) is 63.6 Å². The molecule has 4 nitrogen and oxygen atoms in total. The fourth-order valence-electron chi connectivity index (χ4n) is 8.50. The second-order valence-corrected chi connectivity index (χ2v) is 11.9. The number of allylic oxidation sites excluding steroid dienone is 1. The minimum Gasteiger partial charge on any atom is -0.462 e. The van der Waals surface area contributed by atoms with E-state index >= 15 is 0 Å². The number of likely N-dealkylation sites (tertiary alicyclic amines) is 1. The molecule has 4 fully saturated rings. The Balaban J connectivity index is 1.23. The maximum Gasteiger partial charge on any atom is 0.311 e. The van der Waals surface area contributed by atoms with E-state index in [0.717, 1.165) is 38.1 Å². The van der Waals surface area contributed by atoms with Gasteiger partial charge in [-0.2, -0.15) is 0 Å². The number of nitrogens with one attached hydrogen (secondary N) is 1. The predicted molar refractivity (Wildman–Crippen MR) is 121 cm³/mol. The number of carbonyl (C=O) groups is 2. The number of fused-ring (bicyclic) bond motifs is 5. The molecule has 1 saturated heterocycles. The Hall–Kier alpha value is -1.16. The SMILES string of the molecule is C[C@]12CC[C@@H]3[C@@H](CCC4=CC(=O)CC[C@@]43C)[C@@H]1CC[C@@H]2OC(=O)CC[NH+]1CCCCC1. The Morgan fingerprint density at radius 2 is 1.84 bits per heavy atom. The molecule has 5 aliphatic rings.